The molecule has 0 spiro atoms. The van der Waals surface area contributed by atoms with Crippen LogP contribution in [0, 0.1) is 12.8 Å². The molecule has 0 saturated carbocycles. The van der Waals surface area contributed by atoms with Gasteiger partial charge in [0.2, 0.25) is 5.88 Å². The Morgan fingerprint density at radius 3 is 2.59 bits per heavy atom. The Bertz CT molecular complexity index is 1120. The summed E-state index contributed by atoms with van der Waals surface area (Å²) in [5.74, 6) is 1.60. The number of hydrogen-bond donors (Lipinski definition) is 1. The first kappa shape index (κ1) is 27.6. The van der Waals surface area contributed by atoms with Crippen LogP contribution in [0.25, 0.3) is 5.69 Å². The van der Waals surface area contributed by atoms with Crippen molar-refractivity contribution in [1.82, 2.24) is 14.7 Å². The van der Waals surface area contributed by atoms with Crippen molar-refractivity contribution in [2.45, 2.75) is 52.4 Å². The first-order valence-corrected chi connectivity index (χ1v) is 13.4. The molecule has 2 heterocycles. The maximum Gasteiger partial charge on any atom is 0.227 e. The fraction of sp³-hybridized carbons (Fsp3) is 0.483. The van der Waals surface area contributed by atoms with Crippen molar-refractivity contribution in [3.05, 3.63) is 70.9 Å². The van der Waals surface area contributed by atoms with Crippen molar-refractivity contribution >= 4 is 11.6 Å². The lowest BCUT2D eigenvalue weighted by Gasteiger charge is -2.28. The number of para-hydroxylation sites is 2. The van der Waals surface area contributed by atoms with Gasteiger partial charge in [-0.15, -0.1) is 0 Å². The second-order valence-corrected chi connectivity index (χ2v) is 10.5. The van der Waals surface area contributed by atoms with Gasteiger partial charge in [0.25, 0.3) is 0 Å². The summed E-state index contributed by atoms with van der Waals surface area (Å²) in [6.07, 6.45) is 1.60. The molecular formula is C29H38ClN3O4. The van der Waals surface area contributed by atoms with Gasteiger partial charge in [-0.1, -0.05) is 55.8 Å². The normalized spacial score (nSPS) is 16.6. The number of ether oxygens (including phenoxy) is 3. The Labute approximate surface area is 224 Å². The number of benzene rings is 2. The van der Waals surface area contributed by atoms with Gasteiger partial charge in [-0.25, -0.2) is 4.68 Å². The molecule has 1 fully saturated rings. The second-order valence-electron chi connectivity index (χ2n) is 10.1. The molecule has 0 radical (unpaired) electrons. The number of aromatic nitrogens is 2. The summed E-state index contributed by atoms with van der Waals surface area (Å²) in [6.45, 7) is 9.60. The zero-order valence-electron chi connectivity index (χ0n) is 22.0. The van der Waals surface area contributed by atoms with Crippen LogP contribution in [0.15, 0.2) is 54.6 Å². The summed E-state index contributed by atoms with van der Waals surface area (Å²) in [7, 11) is 0. The summed E-state index contributed by atoms with van der Waals surface area (Å²) in [5.41, 5.74) is 2.69. The predicted molar refractivity (Wildman–Crippen MR) is 146 cm³/mol. The molecule has 0 bridgehead atoms. The molecule has 7 nitrogen and oxygen atoms in total. The van der Waals surface area contributed by atoms with Gasteiger partial charge in [0.1, 0.15) is 5.75 Å². The summed E-state index contributed by atoms with van der Waals surface area (Å²) >= 11 is 6.46. The van der Waals surface area contributed by atoms with Gasteiger partial charge in [-0.2, -0.15) is 5.10 Å². The van der Waals surface area contributed by atoms with Crippen molar-refractivity contribution in [2.24, 2.45) is 5.92 Å². The average molecular weight is 528 g/mol. The van der Waals surface area contributed by atoms with E-state index in [1.807, 2.05) is 66.2 Å². The minimum atomic E-state index is -0.613. The minimum Gasteiger partial charge on any atom is -0.437 e. The standard InChI is InChI=1S/C29H38ClN3O4/c1-21(2)19-35-20-24(34)16-32(17-25-12-9-15-36-25)18-26-22(3)31-33(23-10-5-4-6-11-23)29(26)37-28-14-8-7-13-27(28)30/h4-8,10-11,13-14,21,24-25,34H,9,12,15-20H2,1-3H3/t24-,25+/m1/s1. The number of aryl methyl sites for hydroxylation is 1. The Hall–Kier alpha value is -2.42. The smallest absolute Gasteiger partial charge is 0.227 e. The topological polar surface area (TPSA) is 69.0 Å². The summed E-state index contributed by atoms with van der Waals surface area (Å²) < 4.78 is 19.9. The van der Waals surface area contributed by atoms with Crippen LogP contribution in [0.2, 0.25) is 5.02 Å². The SMILES string of the molecule is Cc1nn(-c2ccccc2)c(Oc2ccccc2Cl)c1CN(C[C@@H](O)COCC(C)C)C[C@@H]1CCCO1. The van der Waals surface area contributed by atoms with E-state index in [0.29, 0.717) is 55.4 Å². The Morgan fingerprint density at radius 2 is 1.89 bits per heavy atom. The number of nitrogens with zero attached hydrogens (tertiary/aromatic N) is 3. The molecular weight excluding hydrogens is 490 g/mol. The fourth-order valence-electron chi connectivity index (χ4n) is 4.50. The average Bonchev–Trinajstić information content (AvgIpc) is 3.49. The van der Waals surface area contributed by atoms with E-state index < -0.39 is 6.10 Å². The van der Waals surface area contributed by atoms with Crippen molar-refractivity contribution in [3.63, 3.8) is 0 Å². The number of hydrogen-bond acceptors (Lipinski definition) is 6. The molecule has 1 aliphatic rings. The maximum absolute atomic E-state index is 10.8. The van der Waals surface area contributed by atoms with E-state index in [2.05, 4.69) is 18.7 Å². The van der Waals surface area contributed by atoms with Crippen LogP contribution in [0.1, 0.15) is 37.9 Å². The molecule has 2 aromatic carbocycles. The Morgan fingerprint density at radius 1 is 1.14 bits per heavy atom. The summed E-state index contributed by atoms with van der Waals surface area (Å²) in [4.78, 5) is 2.22. The monoisotopic (exact) mass is 527 g/mol. The molecule has 4 rings (SSSR count). The third-order valence-electron chi connectivity index (χ3n) is 6.28. The molecule has 1 aliphatic heterocycles. The van der Waals surface area contributed by atoms with E-state index in [1.165, 1.54) is 0 Å². The van der Waals surface area contributed by atoms with E-state index in [4.69, 9.17) is 30.9 Å². The van der Waals surface area contributed by atoms with Gasteiger partial charge in [-0.3, -0.25) is 4.90 Å². The molecule has 37 heavy (non-hydrogen) atoms. The maximum atomic E-state index is 10.8. The lowest BCUT2D eigenvalue weighted by molar-refractivity contribution is -0.00406. The molecule has 0 amide bonds. The lowest BCUT2D eigenvalue weighted by Crippen LogP contribution is -2.39. The highest BCUT2D eigenvalue weighted by molar-refractivity contribution is 6.32. The van der Waals surface area contributed by atoms with Gasteiger partial charge in [0.15, 0.2) is 0 Å². The predicted octanol–water partition coefficient (Wildman–Crippen LogP) is 5.64. The molecule has 200 valence electrons. The van der Waals surface area contributed by atoms with Gasteiger partial charge in [0, 0.05) is 32.8 Å². The van der Waals surface area contributed by atoms with E-state index >= 15 is 0 Å². The Balaban J connectivity index is 1.62. The summed E-state index contributed by atoms with van der Waals surface area (Å²) in [6, 6.07) is 17.3. The fourth-order valence-corrected chi connectivity index (χ4v) is 4.67. The molecule has 3 aromatic rings. The molecule has 1 aromatic heterocycles. The van der Waals surface area contributed by atoms with Crippen LogP contribution < -0.4 is 4.74 Å². The zero-order chi connectivity index (χ0) is 26.2. The van der Waals surface area contributed by atoms with Gasteiger partial charge in [-0.05, 0) is 49.9 Å². The minimum absolute atomic E-state index is 0.140. The van der Waals surface area contributed by atoms with Crippen molar-refractivity contribution < 1.29 is 19.3 Å². The number of rotatable bonds is 13. The largest absolute Gasteiger partial charge is 0.437 e. The first-order valence-electron chi connectivity index (χ1n) is 13.1. The quantitative estimate of drug-likeness (QED) is 0.310. The van der Waals surface area contributed by atoms with Crippen LogP contribution in [-0.4, -0.2) is 64.9 Å². The van der Waals surface area contributed by atoms with Crippen LogP contribution in [0.5, 0.6) is 11.6 Å². The van der Waals surface area contributed by atoms with E-state index in [9.17, 15) is 5.11 Å². The molecule has 0 unspecified atom stereocenters. The number of aliphatic hydroxyl groups excluding tert-OH is 1. The van der Waals surface area contributed by atoms with Crippen LogP contribution in [0.4, 0.5) is 0 Å². The summed E-state index contributed by atoms with van der Waals surface area (Å²) in [5, 5.41) is 16.2. The van der Waals surface area contributed by atoms with Crippen LogP contribution >= 0.6 is 11.6 Å². The highest BCUT2D eigenvalue weighted by atomic mass is 35.5. The van der Waals surface area contributed by atoms with E-state index in [1.54, 1.807) is 0 Å². The third-order valence-corrected chi connectivity index (χ3v) is 6.59. The van der Waals surface area contributed by atoms with E-state index in [0.717, 1.165) is 36.4 Å². The first-order chi connectivity index (χ1) is 17.9. The molecule has 2 atom stereocenters. The van der Waals surface area contributed by atoms with Gasteiger partial charge < -0.3 is 19.3 Å². The van der Waals surface area contributed by atoms with Crippen molar-refractivity contribution in [1.29, 1.82) is 0 Å². The third kappa shape index (κ3) is 7.79. The number of halogens is 1. The van der Waals surface area contributed by atoms with Gasteiger partial charge >= 0.3 is 0 Å². The van der Waals surface area contributed by atoms with Crippen molar-refractivity contribution in [3.8, 4) is 17.3 Å². The number of aliphatic hydroxyl groups is 1. The second kappa shape index (κ2) is 13.4. The zero-order valence-corrected chi connectivity index (χ0v) is 22.7. The Kier molecular flexibility index (Phi) is 10.00. The lowest BCUT2D eigenvalue weighted by atomic mass is 10.1. The molecule has 1 N–H and O–H groups in total. The van der Waals surface area contributed by atoms with E-state index in [-0.39, 0.29) is 6.10 Å². The highest BCUT2D eigenvalue weighted by Crippen LogP contribution is 2.35. The van der Waals surface area contributed by atoms with Gasteiger partial charge in [0.05, 0.1) is 40.8 Å². The molecule has 8 heteroatoms. The van der Waals surface area contributed by atoms with Crippen LogP contribution in [-0.2, 0) is 16.0 Å². The molecule has 1 saturated heterocycles. The highest BCUT2D eigenvalue weighted by Gasteiger charge is 2.26. The van der Waals surface area contributed by atoms with Crippen LogP contribution in [0.3, 0.4) is 0 Å². The molecule has 0 aliphatic carbocycles. The van der Waals surface area contributed by atoms with Crippen molar-refractivity contribution in [2.75, 3.05) is 32.9 Å².